The highest BCUT2D eigenvalue weighted by Crippen LogP contribution is 2.26. The molecule has 0 fully saturated rings. The number of aromatic amines is 1. The number of methoxy groups -OCH3 is 1. The third-order valence-electron chi connectivity index (χ3n) is 4.65. The minimum absolute atomic E-state index is 0.0230. The molecule has 0 spiro atoms. The van der Waals surface area contributed by atoms with Gasteiger partial charge in [0.2, 0.25) is 0 Å². The van der Waals surface area contributed by atoms with E-state index in [9.17, 15) is 9.59 Å². The number of Topliss-reactive ketones (excluding diaryl/α,β-unsaturated/α-hetero) is 1. The number of ether oxygens (including phenoxy) is 1. The molecule has 0 bridgehead atoms. The fraction of sp³-hybridized carbons (Fsp3) is 0.429. The number of carbonyl (C=O) groups excluding carboxylic acids is 2. The van der Waals surface area contributed by atoms with E-state index in [0.29, 0.717) is 17.7 Å². The molecule has 1 unspecified atom stereocenters. The number of aromatic nitrogens is 1. The summed E-state index contributed by atoms with van der Waals surface area (Å²) in [5.41, 5.74) is 3.65. The molecule has 1 aromatic carbocycles. The first kappa shape index (κ1) is 19.8. The lowest BCUT2D eigenvalue weighted by atomic mass is 9.95. The summed E-state index contributed by atoms with van der Waals surface area (Å²) in [6.45, 7) is 9.45. The molecule has 0 aliphatic heterocycles. The smallest absolute Gasteiger partial charge is 0.268 e. The number of hydrogen-bond donors (Lipinski definition) is 2. The molecule has 2 aromatic rings. The highest BCUT2D eigenvalue weighted by Gasteiger charge is 2.25. The molecular formula is C21H28N2O3. The van der Waals surface area contributed by atoms with Crippen LogP contribution < -0.4 is 10.1 Å². The van der Waals surface area contributed by atoms with Gasteiger partial charge in [-0.1, -0.05) is 32.9 Å². The Morgan fingerprint density at radius 2 is 1.81 bits per heavy atom. The van der Waals surface area contributed by atoms with Crippen LogP contribution in [0.5, 0.6) is 5.75 Å². The monoisotopic (exact) mass is 356 g/mol. The molecule has 1 heterocycles. The number of carbonyl (C=O) groups is 2. The zero-order valence-corrected chi connectivity index (χ0v) is 16.4. The number of rotatable bonds is 7. The number of H-pyrrole nitrogens is 1. The van der Waals surface area contributed by atoms with E-state index in [-0.39, 0.29) is 23.7 Å². The molecule has 2 rings (SSSR count). The molecule has 5 nitrogen and oxygen atoms in total. The predicted molar refractivity (Wildman–Crippen MR) is 103 cm³/mol. The van der Waals surface area contributed by atoms with E-state index in [4.69, 9.17) is 4.74 Å². The highest BCUT2D eigenvalue weighted by molar-refractivity contribution is 6.02. The first-order valence-corrected chi connectivity index (χ1v) is 8.97. The molecule has 1 atom stereocenters. The van der Waals surface area contributed by atoms with Crippen molar-refractivity contribution in [2.24, 2.45) is 5.92 Å². The lowest BCUT2D eigenvalue weighted by Crippen LogP contribution is -2.32. The molecule has 0 saturated carbocycles. The van der Waals surface area contributed by atoms with Gasteiger partial charge in [0.25, 0.3) is 5.91 Å². The first-order valence-electron chi connectivity index (χ1n) is 8.97. The fourth-order valence-electron chi connectivity index (χ4n) is 3.36. The molecule has 1 aromatic heterocycles. The lowest BCUT2D eigenvalue weighted by molar-refractivity contribution is 0.0920. The van der Waals surface area contributed by atoms with Crippen molar-refractivity contribution in [1.82, 2.24) is 10.3 Å². The standard InChI is InChI=1S/C21H28N2O3/c1-7-17-18(14(5)24)13(4)22-20(17)21(25)23-19(12(2)3)15-8-10-16(26-6)11-9-15/h8-12,19,22H,7H2,1-6H3,(H,23,25). The van der Waals surface area contributed by atoms with Crippen LogP contribution in [0.3, 0.4) is 0 Å². The summed E-state index contributed by atoms with van der Waals surface area (Å²) in [5.74, 6) is 0.778. The van der Waals surface area contributed by atoms with Crippen molar-refractivity contribution in [2.45, 2.75) is 47.1 Å². The third-order valence-corrected chi connectivity index (χ3v) is 4.65. The highest BCUT2D eigenvalue weighted by atomic mass is 16.5. The summed E-state index contributed by atoms with van der Waals surface area (Å²) in [5, 5.41) is 3.12. The lowest BCUT2D eigenvalue weighted by Gasteiger charge is -2.23. The van der Waals surface area contributed by atoms with E-state index in [0.717, 1.165) is 22.6 Å². The average Bonchev–Trinajstić information content (AvgIpc) is 2.96. The van der Waals surface area contributed by atoms with Gasteiger partial charge in [0.15, 0.2) is 5.78 Å². The summed E-state index contributed by atoms with van der Waals surface area (Å²) in [4.78, 5) is 28.0. The van der Waals surface area contributed by atoms with Crippen LogP contribution in [-0.4, -0.2) is 23.8 Å². The quantitative estimate of drug-likeness (QED) is 0.730. The van der Waals surface area contributed by atoms with Gasteiger partial charge < -0.3 is 15.0 Å². The van der Waals surface area contributed by atoms with E-state index < -0.39 is 0 Å². The van der Waals surface area contributed by atoms with Crippen molar-refractivity contribution >= 4 is 11.7 Å². The number of hydrogen-bond acceptors (Lipinski definition) is 3. The summed E-state index contributed by atoms with van der Waals surface area (Å²) >= 11 is 0. The Balaban J connectivity index is 2.33. The van der Waals surface area contributed by atoms with Crippen molar-refractivity contribution < 1.29 is 14.3 Å². The molecule has 140 valence electrons. The Kier molecular flexibility index (Phi) is 6.24. The van der Waals surface area contributed by atoms with Gasteiger partial charge in [0, 0.05) is 11.3 Å². The van der Waals surface area contributed by atoms with Crippen molar-refractivity contribution in [1.29, 1.82) is 0 Å². The van der Waals surface area contributed by atoms with Crippen LogP contribution in [0.1, 0.15) is 71.4 Å². The van der Waals surface area contributed by atoms with Gasteiger partial charge in [0.1, 0.15) is 11.4 Å². The van der Waals surface area contributed by atoms with Crippen LogP contribution in [0.2, 0.25) is 0 Å². The molecular weight excluding hydrogens is 328 g/mol. The minimum atomic E-state index is -0.188. The van der Waals surface area contributed by atoms with Crippen LogP contribution in [0, 0.1) is 12.8 Å². The van der Waals surface area contributed by atoms with Crippen molar-refractivity contribution in [3.05, 3.63) is 52.3 Å². The van der Waals surface area contributed by atoms with Gasteiger partial charge in [-0.2, -0.15) is 0 Å². The molecule has 26 heavy (non-hydrogen) atoms. The second kappa shape index (κ2) is 8.21. The molecule has 5 heteroatoms. The van der Waals surface area contributed by atoms with Gasteiger partial charge in [-0.05, 0) is 49.4 Å². The number of aryl methyl sites for hydroxylation is 1. The van der Waals surface area contributed by atoms with Crippen molar-refractivity contribution in [2.75, 3.05) is 7.11 Å². The first-order chi connectivity index (χ1) is 12.3. The van der Waals surface area contributed by atoms with Crippen molar-refractivity contribution in [3.63, 3.8) is 0 Å². The van der Waals surface area contributed by atoms with Crippen LogP contribution in [0.25, 0.3) is 0 Å². The van der Waals surface area contributed by atoms with E-state index >= 15 is 0 Å². The van der Waals surface area contributed by atoms with Gasteiger partial charge >= 0.3 is 0 Å². The van der Waals surface area contributed by atoms with Gasteiger partial charge in [-0.3, -0.25) is 9.59 Å². The van der Waals surface area contributed by atoms with E-state index in [1.807, 2.05) is 38.1 Å². The topological polar surface area (TPSA) is 71.2 Å². The maximum atomic E-state index is 12.9. The summed E-state index contributed by atoms with van der Waals surface area (Å²) < 4.78 is 5.20. The average molecular weight is 356 g/mol. The molecule has 0 aliphatic carbocycles. The fourth-order valence-corrected chi connectivity index (χ4v) is 3.36. The van der Waals surface area contributed by atoms with E-state index in [1.165, 1.54) is 6.92 Å². The number of nitrogens with one attached hydrogen (secondary N) is 2. The largest absolute Gasteiger partial charge is 0.497 e. The Bertz CT molecular complexity index is 788. The number of amides is 1. The molecule has 2 N–H and O–H groups in total. The summed E-state index contributed by atoms with van der Waals surface area (Å²) in [6, 6.07) is 7.57. The molecule has 0 radical (unpaired) electrons. The minimum Gasteiger partial charge on any atom is -0.497 e. The van der Waals surface area contributed by atoms with Crippen LogP contribution >= 0.6 is 0 Å². The summed E-state index contributed by atoms with van der Waals surface area (Å²) in [6.07, 6.45) is 0.622. The van der Waals surface area contributed by atoms with Crippen LogP contribution in [0.4, 0.5) is 0 Å². The van der Waals surface area contributed by atoms with Crippen LogP contribution in [-0.2, 0) is 6.42 Å². The van der Waals surface area contributed by atoms with Gasteiger partial charge in [0.05, 0.1) is 13.2 Å². The van der Waals surface area contributed by atoms with Gasteiger partial charge in [-0.25, -0.2) is 0 Å². The normalized spacial score (nSPS) is 12.1. The zero-order chi connectivity index (χ0) is 19.4. The van der Waals surface area contributed by atoms with Crippen LogP contribution in [0.15, 0.2) is 24.3 Å². The number of benzene rings is 1. The Labute approximate surface area is 155 Å². The predicted octanol–water partition coefficient (Wildman–Crippen LogP) is 4.22. The van der Waals surface area contributed by atoms with E-state index in [1.54, 1.807) is 7.11 Å². The second-order valence-electron chi connectivity index (χ2n) is 6.86. The van der Waals surface area contributed by atoms with E-state index in [2.05, 4.69) is 24.1 Å². The third kappa shape index (κ3) is 3.98. The Morgan fingerprint density at radius 3 is 2.27 bits per heavy atom. The van der Waals surface area contributed by atoms with Crippen molar-refractivity contribution in [3.8, 4) is 5.75 Å². The van der Waals surface area contributed by atoms with Gasteiger partial charge in [-0.15, -0.1) is 0 Å². The molecule has 0 saturated heterocycles. The Morgan fingerprint density at radius 1 is 1.19 bits per heavy atom. The SMILES string of the molecule is CCc1c(C(=O)NC(c2ccc(OC)cc2)C(C)C)[nH]c(C)c1C(C)=O. The zero-order valence-electron chi connectivity index (χ0n) is 16.4. The second-order valence-corrected chi connectivity index (χ2v) is 6.86. The maximum absolute atomic E-state index is 12.9. The maximum Gasteiger partial charge on any atom is 0.268 e. The molecule has 0 aliphatic rings. The number of ketones is 1. The Hall–Kier alpha value is -2.56. The molecule has 1 amide bonds. The summed E-state index contributed by atoms with van der Waals surface area (Å²) in [7, 11) is 1.63.